The molecule has 0 radical (unpaired) electrons. The van der Waals surface area contributed by atoms with Gasteiger partial charge in [-0.15, -0.1) is 0 Å². The monoisotopic (exact) mass is 798 g/mol. The van der Waals surface area contributed by atoms with Crippen LogP contribution in [0.1, 0.15) is 98.4 Å². The summed E-state index contributed by atoms with van der Waals surface area (Å²) in [5.41, 5.74) is -0.656. The van der Waals surface area contributed by atoms with Gasteiger partial charge in [-0.3, -0.25) is 19.2 Å². The molecular formula is C41H56Cl2N6O6. The van der Waals surface area contributed by atoms with Crippen molar-refractivity contribution in [3.8, 4) is 0 Å². The normalized spacial score (nSPS) is 24.3. The van der Waals surface area contributed by atoms with Crippen molar-refractivity contribution in [3.05, 3.63) is 69.7 Å². The summed E-state index contributed by atoms with van der Waals surface area (Å²) in [6.07, 6.45) is 0.557. The Morgan fingerprint density at radius 3 is 1.55 bits per heavy atom. The molecule has 2 unspecified atom stereocenters. The topological polar surface area (TPSA) is 123 Å². The first-order chi connectivity index (χ1) is 25.7. The molecule has 55 heavy (non-hydrogen) atoms. The van der Waals surface area contributed by atoms with E-state index in [1.165, 1.54) is 0 Å². The Labute approximate surface area is 335 Å². The van der Waals surface area contributed by atoms with Gasteiger partial charge in [-0.2, -0.15) is 0 Å². The van der Waals surface area contributed by atoms with Gasteiger partial charge in [0, 0.05) is 35.2 Å². The van der Waals surface area contributed by atoms with Crippen molar-refractivity contribution in [3.63, 3.8) is 0 Å². The molecule has 4 heterocycles. The van der Waals surface area contributed by atoms with Crippen molar-refractivity contribution in [1.29, 1.82) is 0 Å². The zero-order valence-electron chi connectivity index (χ0n) is 33.5. The van der Waals surface area contributed by atoms with Crippen LogP contribution >= 0.6 is 23.2 Å². The highest BCUT2D eigenvalue weighted by Gasteiger charge is 2.59. The maximum atomic E-state index is 13.7. The molecule has 12 nitrogen and oxygen atoms in total. The zero-order chi connectivity index (χ0) is 40.6. The zero-order valence-corrected chi connectivity index (χ0v) is 35.0. The summed E-state index contributed by atoms with van der Waals surface area (Å²) < 4.78 is 5.53. The minimum Gasteiger partial charge on any atom is -0.444 e. The highest BCUT2D eigenvalue weighted by molar-refractivity contribution is 6.30. The lowest BCUT2D eigenvalue weighted by Crippen LogP contribution is -2.70. The number of rotatable bonds is 6. The Kier molecular flexibility index (Phi) is 12.5. The molecule has 0 aromatic heterocycles. The van der Waals surface area contributed by atoms with Gasteiger partial charge in [-0.1, -0.05) is 47.5 Å². The Morgan fingerprint density at radius 1 is 0.709 bits per heavy atom. The largest absolute Gasteiger partial charge is 0.444 e. The molecule has 1 N–H and O–H groups in total. The number of halogens is 2. The maximum absolute atomic E-state index is 13.7. The van der Waals surface area contributed by atoms with Crippen molar-refractivity contribution in [2.45, 2.75) is 116 Å². The smallest absolute Gasteiger partial charge is 0.410 e. The molecule has 4 saturated heterocycles. The van der Waals surface area contributed by atoms with Gasteiger partial charge in [-0.25, -0.2) is 4.79 Å². The van der Waals surface area contributed by atoms with Gasteiger partial charge in [0.05, 0.1) is 18.6 Å². The minimum absolute atomic E-state index is 0.00875. The number of benzene rings is 2. The number of carbonyl (C=O) groups excluding carboxylic acids is 5. The molecule has 14 heteroatoms. The first-order valence-corrected chi connectivity index (χ1v) is 19.9. The number of nitrogens with one attached hydrogen (secondary N) is 1. The number of hydrogen-bond acceptors (Lipinski definition) is 7. The van der Waals surface area contributed by atoms with E-state index in [2.05, 4.69) is 5.32 Å². The lowest BCUT2D eigenvalue weighted by molar-refractivity contribution is -0.169. The van der Waals surface area contributed by atoms with E-state index in [0.29, 0.717) is 36.0 Å². The molecule has 6 rings (SSSR count). The van der Waals surface area contributed by atoms with E-state index in [9.17, 15) is 24.0 Å². The van der Waals surface area contributed by atoms with Crippen LogP contribution in [0.2, 0.25) is 10.0 Å². The maximum Gasteiger partial charge on any atom is 0.410 e. The second-order valence-electron chi connectivity index (χ2n) is 16.7. The number of carbonyl (C=O) groups is 5. The van der Waals surface area contributed by atoms with Gasteiger partial charge < -0.3 is 34.6 Å². The highest BCUT2D eigenvalue weighted by Crippen LogP contribution is 2.41. The number of piperazine rings is 2. The van der Waals surface area contributed by atoms with Crippen LogP contribution in [0, 0.1) is 0 Å². The SMILES string of the molecule is CC(C)N1CC(=O)N([C@@H](C)c2ccc(Cl)cc2)C2(CCN(C(=O)OC(C)(C)C)C2)C1=O.CC(C)N1CC(=O)N([C@@H](C)c2ccc(Cl)cc2)C2(CCNC2)C1=O. The van der Waals surface area contributed by atoms with Crippen LogP contribution in [0.5, 0.6) is 0 Å². The molecule has 4 aliphatic rings. The van der Waals surface area contributed by atoms with E-state index in [1.807, 2.05) is 77.9 Å². The third-order valence-corrected chi connectivity index (χ3v) is 11.7. The average Bonchev–Trinajstić information content (AvgIpc) is 3.78. The number of likely N-dealkylation sites (tertiary alicyclic amines) is 1. The fraction of sp³-hybridized carbons (Fsp3) is 0.585. The van der Waals surface area contributed by atoms with Gasteiger partial charge in [0.15, 0.2) is 0 Å². The van der Waals surface area contributed by atoms with Crippen LogP contribution in [0.25, 0.3) is 0 Å². The third kappa shape index (κ3) is 8.46. The van der Waals surface area contributed by atoms with E-state index in [0.717, 1.165) is 17.7 Å². The molecule has 0 saturated carbocycles. The van der Waals surface area contributed by atoms with Crippen LogP contribution in [-0.2, 0) is 23.9 Å². The number of amides is 5. The van der Waals surface area contributed by atoms with Gasteiger partial charge in [-0.05, 0) is 117 Å². The van der Waals surface area contributed by atoms with Crippen LogP contribution in [-0.4, -0.2) is 122 Å². The average molecular weight is 800 g/mol. The van der Waals surface area contributed by atoms with Crippen molar-refractivity contribution < 1.29 is 28.7 Å². The van der Waals surface area contributed by atoms with E-state index >= 15 is 0 Å². The lowest BCUT2D eigenvalue weighted by Gasteiger charge is -2.50. The molecule has 5 amide bonds. The minimum atomic E-state index is -1.12. The molecule has 2 aromatic rings. The third-order valence-electron chi connectivity index (χ3n) is 11.1. The van der Waals surface area contributed by atoms with Crippen molar-refractivity contribution in [1.82, 2.24) is 29.8 Å². The van der Waals surface area contributed by atoms with Crippen LogP contribution in [0.4, 0.5) is 4.79 Å². The summed E-state index contributed by atoms with van der Waals surface area (Å²) in [6, 6.07) is 14.2. The summed E-state index contributed by atoms with van der Waals surface area (Å²) in [5.74, 6) is -0.173. The fourth-order valence-electron chi connectivity index (χ4n) is 8.31. The van der Waals surface area contributed by atoms with Crippen molar-refractivity contribution in [2.24, 2.45) is 0 Å². The van der Waals surface area contributed by atoms with Crippen molar-refractivity contribution >= 4 is 52.9 Å². The van der Waals surface area contributed by atoms with Gasteiger partial charge >= 0.3 is 6.09 Å². The Bertz CT molecular complexity index is 1760. The van der Waals surface area contributed by atoms with E-state index in [1.54, 1.807) is 57.4 Å². The summed E-state index contributed by atoms with van der Waals surface area (Å²) in [5, 5.41) is 4.54. The van der Waals surface area contributed by atoms with E-state index < -0.39 is 22.8 Å². The molecule has 0 aliphatic carbocycles. The Hall–Kier alpha value is -3.87. The standard InChI is InChI=1S/C23H32ClN3O4.C18H24ClN3O2/c1-15(2)26-13-19(28)27(16(3)17-7-9-18(24)10-8-17)23(20(26)29)11-12-25(14-23)21(30)31-22(4,5)6;1-12(2)21-10-16(23)22(18(17(21)24)8-9-20-11-18)13(3)14-4-6-15(19)7-5-14/h7-10,15-16H,11-14H2,1-6H3;4-7,12-13,20H,8-11H2,1-3H3/t16-,23?;13-,18?/m00/s1. The highest BCUT2D eigenvalue weighted by atomic mass is 35.5. The summed E-state index contributed by atoms with van der Waals surface area (Å²) in [7, 11) is 0. The molecule has 4 fully saturated rings. The Balaban J connectivity index is 0.000000218. The number of nitrogens with zero attached hydrogens (tertiary/aromatic N) is 5. The first kappa shape index (κ1) is 42.3. The van der Waals surface area contributed by atoms with Crippen LogP contribution in [0.15, 0.2) is 48.5 Å². The molecule has 2 spiro atoms. The van der Waals surface area contributed by atoms with Gasteiger partial charge in [0.1, 0.15) is 29.8 Å². The predicted molar refractivity (Wildman–Crippen MR) is 212 cm³/mol. The lowest BCUT2D eigenvalue weighted by atomic mass is 9.87. The second-order valence-corrected chi connectivity index (χ2v) is 17.6. The molecule has 2 aromatic carbocycles. The van der Waals surface area contributed by atoms with E-state index in [-0.39, 0.29) is 67.4 Å². The predicted octanol–water partition coefficient (Wildman–Crippen LogP) is 6.07. The van der Waals surface area contributed by atoms with Gasteiger partial charge in [0.2, 0.25) is 11.8 Å². The van der Waals surface area contributed by atoms with Gasteiger partial charge in [0.25, 0.3) is 11.8 Å². The molecular weight excluding hydrogens is 743 g/mol. The summed E-state index contributed by atoms with van der Waals surface area (Å²) in [6.45, 7) is 18.9. The summed E-state index contributed by atoms with van der Waals surface area (Å²) >= 11 is 12.0. The number of hydrogen-bond donors (Lipinski definition) is 1. The quantitative estimate of drug-likeness (QED) is 0.377. The van der Waals surface area contributed by atoms with Crippen LogP contribution < -0.4 is 5.32 Å². The Morgan fingerprint density at radius 2 is 1.15 bits per heavy atom. The number of ether oxygens (including phenoxy) is 1. The molecule has 4 aliphatic heterocycles. The molecule has 0 bridgehead atoms. The van der Waals surface area contributed by atoms with Crippen molar-refractivity contribution in [2.75, 3.05) is 39.3 Å². The fourth-order valence-corrected chi connectivity index (χ4v) is 8.56. The molecule has 4 atom stereocenters. The summed E-state index contributed by atoms with van der Waals surface area (Å²) in [4.78, 5) is 74.4. The van der Waals surface area contributed by atoms with Crippen LogP contribution in [0.3, 0.4) is 0 Å². The van der Waals surface area contributed by atoms with E-state index in [4.69, 9.17) is 27.9 Å². The second kappa shape index (κ2) is 16.3. The molecule has 300 valence electrons. The first-order valence-electron chi connectivity index (χ1n) is 19.2.